The van der Waals surface area contributed by atoms with Crippen LogP contribution in [0.15, 0.2) is 18.2 Å². The highest BCUT2D eigenvalue weighted by Gasteiger charge is 2.22. The summed E-state index contributed by atoms with van der Waals surface area (Å²) in [5.74, 6) is -0.996. The van der Waals surface area contributed by atoms with Crippen molar-refractivity contribution in [2.45, 2.75) is 6.42 Å². The molecule has 0 aromatic heterocycles. The van der Waals surface area contributed by atoms with Gasteiger partial charge in [-0.15, -0.1) is 0 Å². The lowest BCUT2D eigenvalue weighted by molar-refractivity contribution is -0.138. The molecule has 0 bridgehead atoms. The van der Waals surface area contributed by atoms with Gasteiger partial charge in [0, 0.05) is 31.2 Å². The number of benzene rings is 1. The molecular weight excluding hydrogens is 315 g/mol. The van der Waals surface area contributed by atoms with Crippen LogP contribution in [0.4, 0.5) is 0 Å². The number of halogens is 2. The molecule has 1 saturated heterocycles. The molecule has 1 aliphatic rings. The Balaban J connectivity index is 2.04. The van der Waals surface area contributed by atoms with E-state index in [4.69, 9.17) is 28.3 Å². The van der Waals surface area contributed by atoms with Crippen molar-refractivity contribution >= 4 is 35.1 Å². The van der Waals surface area contributed by atoms with E-state index in [1.165, 1.54) is 0 Å². The maximum Gasteiger partial charge on any atom is 0.317 e. The third-order valence-corrected chi connectivity index (χ3v) is 3.94. The van der Waals surface area contributed by atoms with Crippen molar-refractivity contribution in [2.24, 2.45) is 0 Å². The average Bonchev–Trinajstić information content (AvgIpc) is 2.63. The molecule has 7 heteroatoms. The van der Waals surface area contributed by atoms with Crippen LogP contribution in [-0.4, -0.2) is 59.5 Å². The van der Waals surface area contributed by atoms with Gasteiger partial charge in [-0.2, -0.15) is 0 Å². The number of nitrogens with zero attached hydrogens (tertiary/aromatic N) is 2. The zero-order valence-electron chi connectivity index (χ0n) is 11.4. The third-order valence-electron chi connectivity index (χ3n) is 3.40. The van der Waals surface area contributed by atoms with Gasteiger partial charge in [0.05, 0.1) is 17.1 Å². The fourth-order valence-corrected chi connectivity index (χ4v) is 2.85. The molecule has 0 unspecified atom stereocenters. The van der Waals surface area contributed by atoms with E-state index in [1.807, 2.05) is 4.90 Å². The summed E-state index contributed by atoms with van der Waals surface area (Å²) in [6.45, 7) is 2.30. The fourth-order valence-electron chi connectivity index (χ4n) is 2.36. The summed E-state index contributed by atoms with van der Waals surface area (Å²) < 4.78 is 0. The fraction of sp³-hybridized carbons (Fsp3) is 0.429. The highest BCUT2D eigenvalue weighted by atomic mass is 35.5. The van der Waals surface area contributed by atoms with Gasteiger partial charge in [0.1, 0.15) is 0 Å². The van der Waals surface area contributed by atoms with Crippen molar-refractivity contribution in [3.05, 3.63) is 33.8 Å². The van der Waals surface area contributed by atoms with E-state index in [9.17, 15) is 9.59 Å². The number of carboxylic acids is 1. The number of hydrogen-bond acceptors (Lipinski definition) is 3. The summed E-state index contributed by atoms with van der Waals surface area (Å²) in [4.78, 5) is 26.8. The van der Waals surface area contributed by atoms with Gasteiger partial charge < -0.3 is 10.0 Å². The second-order valence-electron chi connectivity index (χ2n) is 4.94. The van der Waals surface area contributed by atoms with Crippen molar-refractivity contribution in [1.29, 1.82) is 0 Å². The van der Waals surface area contributed by atoms with E-state index in [1.54, 1.807) is 23.1 Å². The summed E-state index contributed by atoms with van der Waals surface area (Å²) in [6.07, 6.45) is 0.740. The minimum atomic E-state index is -0.851. The molecule has 0 radical (unpaired) electrons. The van der Waals surface area contributed by atoms with Crippen molar-refractivity contribution in [3.63, 3.8) is 0 Å². The van der Waals surface area contributed by atoms with Crippen LogP contribution in [-0.2, 0) is 4.79 Å². The molecule has 1 fully saturated rings. The first-order valence-corrected chi connectivity index (χ1v) is 7.41. The van der Waals surface area contributed by atoms with Gasteiger partial charge >= 0.3 is 5.97 Å². The minimum absolute atomic E-state index is 0.00370. The quantitative estimate of drug-likeness (QED) is 0.923. The Morgan fingerprint density at radius 2 is 1.90 bits per heavy atom. The van der Waals surface area contributed by atoms with E-state index < -0.39 is 5.97 Å². The van der Waals surface area contributed by atoms with E-state index in [2.05, 4.69) is 0 Å². The Labute approximate surface area is 133 Å². The molecule has 0 aliphatic carbocycles. The smallest absolute Gasteiger partial charge is 0.317 e. The zero-order chi connectivity index (χ0) is 15.4. The molecule has 21 heavy (non-hydrogen) atoms. The van der Waals surface area contributed by atoms with Crippen LogP contribution in [0.2, 0.25) is 10.0 Å². The molecule has 0 saturated carbocycles. The second-order valence-corrected chi connectivity index (χ2v) is 5.78. The number of hydrogen-bond donors (Lipinski definition) is 1. The standard InChI is InChI=1S/C14H16Cl2N2O3/c15-10-2-3-11(12(16)8-10)14(21)18-5-1-4-17(6-7-18)9-13(19)20/h2-3,8H,1,4-7,9H2,(H,19,20). The molecule has 0 spiro atoms. The van der Waals surface area contributed by atoms with E-state index >= 15 is 0 Å². The van der Waals surface area contributed by atoms with Crippen molar-refractivity contribution < 1.29 is 14.7 Å². The predicted octanol–water partition coefficient (Wildman–Crippen LogP) is 2.23. The van der Waals surface area contributed by atoms with E-state index in [0.29, 0.717) is 41.8 Å². The Bertz CT molecular complexity index is 551. The molecule has 1 heterocycles. The number of amides is 1. The van der Waals surface area contributed by atoms with Crippen LogP contribution in [0.5, 0.6) is 0 Å². The maximum atomic E-state index is 12.5. The number of aliphatic carboxylic acids is 1. The zero-order valence-corrected chi connectivity index (χ0v) is 12.9. The molecular formula is C14H16Cl2N2O3. The maximum absolute atomic E-state index is 12.5. The van der Waals surface area contributed by atoms with Gasteiger partial charge in [-0.1, -0.05) is 23.2 Å². The lowest BCUT2D eigenvalue weighted by atomic mass is 10.2. The first kappa shape index (κ1) is 16.1. The topological polar surface area (TPSA) is 60.9 Å². The molecule has 5 nitrogen and oxygen atoms in total. The van der Waals surface area contributed by atoms with Crippen LogP contribution in [0.3, 0.4) is 0 Å². The summed E-state index contributed by atoms with van der Waals surface area (Å²) in [5.41, 5.74) is 0.424. The van der Waals surface area contributed by atoms with Crippen LogP contribution in [0.1, 0.15) is 16.8 Å². The van der Waals surface area contributed by atoms with Gasteiger partial charge in [0.15, 0.2) is 0 Å². The van der Waals surface area contributed by atoms with Crippen LogP contribution in [0, 0.1) is 0 Å². The lowest BCUT2D eigenvalue weighted by Gasteiger charge is -2.21. The largest absolute Gasteiger partial charge is 0.480 e. The Morgan fingerprint density at radius 1 is 1.14 bits per heavy atom. The van der Waals surface area contributed by atoms with Crippen molar-refractivity contribution in [2.75, 3.05) is 32.7 Å². The molecule has 1 amide bonds. The van der Waals surface area contributed by atoms with Gasteiger partial charge in [-0.3, -0.25) is 14.5 Å². The number of carbonyl (C=O) groups excluding carboxylic acids is 1. The normalized spacial score (nSPS) is 16.6. The Hall–Kier alpha value is -1.30. The molecule has 0 atom stereocenters. The number of rotatable bonds is 3. The van der Waals surface area contributed by atoms with Gasteiger partial charge in [-0.25, -0.2) is 0 Å². The van der Waals surface area contributed by atoms with Crippen LogP contribution in [0.25, 0.3) is 0 Å². The summed E-state index contributed by atoms with van der Waals surface area (Å²) in [6, 6.07) is 4.80. The van der Waals surface area contributed by atoms with E-state index in [0.717, 1.165) is 6.42 Å². The van der Waals surface area contributed by atoms with Gasteiger partial charge in [-0.05, 0) is 24.6 Å². The third kappa shape index (κ3) is 4.33. The first-order valence-electron chi connectivity index (χ1n) is 6.66. The lowest BCUT2D eigenvalue weighted by Crippen LogP contribution is -2.36. The molecule has 1 aromatic rings. The van der Waals surface area contributed by atoms with Crippen LogP contribution < -0.4 is 0 Å². The molecule has 1 aliphatic heterocycles. The minimum Gasteiger partial charge on any atom is -0.480 e. The van der Waals surface area contributed by atoms with Gasteiger partial charge in [0.2, 0.25) is 0 Å². The predicted molar refractivity (Wildman–Crippen MR) is 81.1 cm³/mol. The van der Waals surface area contributed by atoms with E-state index in [-0.39, 0.29) is 12.5 Å². The molecule has 1 aromatic carbocycles. The monoisotopic (exact) mass is 330 g/mol. The average molecular weight is 331 g/mol. The van der Waals surface area contributed by atoms with Crippen molar-refractivity contribution in [3.8, 4) is 0 Å². The summed E-state index contributed by atoms with van der Waals surface area (Å²) >= 11 is 11.9. The second kappa shape index (κ2) is 7.11. The highest BCUT2D eigenvalue weighted by Crippen LogP contribution is 2.22. The van der Waals surface area contributed by atoms with Gasteiger partial charge in [0.25, 0.3) is 5.91 Å². The summed E-state index contributed by atoms with van der Waals surface area (Å²) in [5, 5.41) is 9.64. The number of carboxylic acid groups (broad SMARTS) is 1. The number of carbonyl (C=O) groups is 2. The van der Waals surface area contributed by atoms with Crippen molar-refractivity contribution in [1.82, 2.24) is 9.80 Å². The molecule has 2 rings (SSSR count). The molecule has 114 valence electrons. The first-order chi connectivity index (χ1) is 9.97. The highest BCUT2D eigenvalue weighted by molar-refractivity contribution is 6.36. The molecule has 1 N–H and O–H groups in total. The summed E-state index contributed by atoms with van der Waals surface area (Å²) in [7, 11) is 0. The Morgan fingerprint density at radius 3 is 2.57 bits per heavy atom. The Kier molecular flexibility index (Phi) is 5.45. The SMILES string of the molecule is O=C(O)CN1CCCN(C(=O)c2ccc(Cl)cc2Cl)CC1. The van der Waals surface area contributed by atoms with Crippen LogP contribution >= 0.6 is 23.2 Å².